The molecule has 3 rings (SSSR count). The van der Waals surface area contributed by atoms with Crippen LogP contribution in [-0.4, -0.2) is 24.9 Å². The number of anilines is 1. The van der Waals surface area contributed by atoms with E-state index in [2.05, 4.69) is 15.3 Å². The number of hydrogen-bond acceptors (Lipinski definition) is 6. The SMILES string of the molecule is CC(C)c1nnc2sc(-c3ccc(O)c(N)c3)nn12. The molecule has 7 heteroatoms. The first-order chi connectivity index (χ1) is 9.06. The number of aromatic nitrogens is 4. The number of nitrogen functional groups attached to an aromatic ring is 1. The molecule has 0 unspecified atom stereocenters. The molecule has 2 heterocycles. The number of aromatic hydroxyl groups is 1. The van der Waals surface area contributed by atoms with E-state index in [1.54, 1.807) is 22.7 Å². The zero-order valence-electron chi connectivity index (χ0n) is 10.5. The Kier molecular flexibility index (Phi) is 2.63. The van der Waals surface area contributed by atoms with Crippen molar-refractivity contribution in [1.29, 1.82) is 0 Å². The van der Waals surface area contributed by atoms with Crippen LogP contribution in [-0.2, 0) is 0 Å². The number of nitrogens with two attached hydrogens (primary N) is 1. The quantitative estimate of drug-likeness (QED) is 0.553. The molecule has 0 aliphatic carbocycles. The van der Waals surface area contributed by atoms with Crippen molar-refractivity contribution in [3.05, 3.63) is 24.0 Å². The van der Waals surface area contributed by atoms with E-state index in [1.807, 2.05) is 13.8 Å². The van der Waals surface area contributed by atoms with Gasteiger partial charge in [0.2, 0.25) is 4.96 Å². The second kappa shape index (κ2) is 4.20. The lowest BCUT2D eigenvalue weighted by atomic mass is 10.2. The predicted molar refractivity (Wildman–Crippen MR) is 74.3 cm³/mol. The Hall–Kier alpha value is -2.15. The molecule has 3 aromatic rings. The lowest BCUT2D eigenvalue weighted by molar-refractivity contribution is 0.478. The van der Waals surface area contributed by atoms with Gasteiger partial charge in [-0.1, -0.05) is 25.2 Å². The number of fused-ring (bicyclic) bond motifs is 1. The molecule has 0 bridgehead atoms. The normalized spacial score (nSPS) is 11.5. The van der Waals surface area contributed by atoms with Crippen LogP contribution >= 0.6 is 11.3 Å². The third-order valence-electron chi connectivity index (χ3n) is 2.81. The summed E-state index contributed by atoms with van der Waals surface area (Å²) in [5, 5.41) is 23.0. The van der Waals surface area contributed by atoms with E-state index in [4.69, 9.17) is 5.73 Å². The summed E-state index contributed by atoms with van der Waals surface area (Å²) < 4.78 is 1.76. The monoisotopic (exact) mass is 275 g/mol. The van der Waals surface area contributed by atoms with Crippen LogP contribution in [0.3, 0.4) is 0 Å². The molecule has 19 heavy (non-hydrogen) atoms. The fourth-order valence-corrected chi connectivity index (χ4v) is 2.64. The van der Waals surface area contributed by atoms with Crippen LogP contribution in [0.2, 0.25) is 0 Å². The maximum atomic E-state index is 9.44. The maximum absolute atomic E-state index is 9.44. The second-order valence-corrected chi connectivity index (χ2v) is 5.54. The summed E-state index contributed by atoms with van der Waals surface area (Å²) in [5.74, 6) is 1.17. The summed E-state index contributed by atoms with van der Waals surface area (Å²) >= 11 is 1.44. The highest BCUT2D eigenvalue weighted by molar-refractivity contribution is 7.19. The van der Waals surface area contributed by atoms with Crippen LogP contribution in [0.1, 0.15) is 25.6 Å². The van der Waals surface area contributed by atoms with Gasteiger partial charge in [0.05, 0.1) is 5.69 Å². The van der Waals surface area contributed by atoms with Gasteiger partial charge in [-0.3, -0.25) is 0 Å². The number of nitrogens with zero attached hydrogens (tertiary/aromatic N) is 4. The molecule has 6 nitrogen and oxygen atoms in total. The molecule has 0 amide bonds. The Morgan fingerprint density at radius 2 is 2.11 bits per heavy atom. The highest BCUT2D eigenvalue weighted by Crippen LogP contribution is 2.31. The van der Waals surface area contributed by atoms with Crippen molar-refractivity contribution in [2.75, 3.05) is 5.73 Å². The Labute approximate surface area is 113 Å². The summed E-state index contributed by atoms with van der Waals surface area (Å²) in [7, 11) is 0. The van der Waals surface area contributed by atoms with Gasteiger partial charge in [0.1, 0.15) is 10.8 Å². The van der Waals surface area contributed by atoms with Crippen LogP contribution in [0.5, 0.6) is 5.75 Å². The fraction of sp³-hybridized carbons (Fsp3) is 0.250. The number of phenols is 1. The number of benzene rings is 1. The van der Waals surface area contributed by atoms with E-state index in [-0.39, 0.29) is 11.7 Å². The highest BCUT2D eigenvalue weighted by Gasteiger charge is 2.15. The summed E-state index contributed by atoms with van der Waals surface area (Å²) in [6, 6.07) is 5.05. The van der Waals surface area contributed by atoms with E-state index in [0.717, 1.165) is 21.4 Å². The molecular formula is C12H13N5OS. The molecule has 0 spiro atoms. The molecule has 0 saturated heterocycles. The Morgan fingerprint density at radius 1 is 1.32 bits per heavy atom. The Balaban J connectivity index is 2.12. The number of hydrogen-bond donors (Lipinski definition) is 2. The molecule has 0 atom stereocenters. The topological polar surface area (TPSA) is 89.3 Å². The van der Waals surface area contributed by atoms with Crippen molar-refractivity contribution in [2.45, 2.75) is 19.8 Å². The minimum absolute atomic E-state index is 0.0784. The van der Waals surface area contributed by atoms with Gasteiger partial charge in [-0.2, -0.15) is 9.61 Å². The molecule has 1 aromatic carbocycles. The van der Waals surface area contributed by atoms with E-state index in [1.165, 1.54) is 11.3 Å². The van der Waals surface area contributed by atoms with Crippen molar-refractivity contribution < 1.29 is 5.11 Å². The van der Waals surface area contributed by atoms with Crippen molar-refractivity contribution in [3.8, 4) is 16.3 Å². The van der Waals surface area contributed by atoms with Crippen LogP contribution in [0.15, 0.2) is 18.2 Å². The molecule has 0 aliphatic rings. The Bertz CT molecular complexity index is 746. The Morgan fingerprint density at radius 3 is 2.79 bits per heavy atom. The lowest BCUT2D eigenvalue weighted by Crippen LogP contribution is -1.98. The van der Waals surface area contributed by atoms with Crippen LogP contribution < -0.4 is 5.73 Å². The van der Waals surface area contributed by atoms with Gasteiger partial charge in [-0.25, -0.2) is 0 Å². The first-order valence-electron chi connectivity index (χ1n) is 5.87. The molecule has 0 saturated carbocycles. The van der Waals surface area contributed by atoms with Crippen molar-refractivity contribution >= 4 is 22.0 Å². The van der Waals surface area contributed by atoms with Crippen molar-refractivity contribution in [3.63, 3.8) is 0 Å². The highest BCUT2D eigenvalue weighted by atomic mass is 32.1. The van der Waals surface area contributed by atoms with Gasteiger partial charge in [0, 0.05) is 11.5 Å². The minimum atomic E-state index is 0.0784. The van der Waals surface area contributed by atoms with Crippen LogP contribution in [0.25, 0.3) is 15.5 Å². The van der Waals surface area contributed by atoms with Crippen LogP contribution in [0.4, 0.5) is 5.69 Å². The molecule has 98 valence electrons. The number of rotatable bonds is 2. The molecule has 0 fully saturated rings. The fourth-order valence-electron chi connectivity index (χ4n) is 1.80. The van der Waals surface area contributed by atoms with E-state index >= 15 is 0 Å². The molecule has 0 aliphatic heterocycles. The largest absolute Gasteiger partial charge is 0.506 e. The molecule has 0 radical (unpaired) electrons. The average molecular weight is 275 g/mol. The van der Waals surface area contributed by atoms with E-state index in [9.17, 15) is 5.11 Å². The molecule has 2 aromatic heterocycles. The summed E-state index contributed by atoms with van der Waals surface area (Å²) in [6.45, 7) is 4.10. The van der Waals surface area contributed by atoms with E-state index in [0.29, 0.717) is 5.69 Å². The third kappa shape index (κ3) is 1.91. The predicted octanol–water partition coefficient (Wildman–Crippen LogP) is 2.26. The zero-order valence-corrected chi connectivity index (χ0v) is 11.3. The average Bonchev–Trinajstić information content (AvgIpc) is 2.91. The minimum Gasteiger partial charge on any atom is -0.506 e. The first-order valence-corrected chi connectivity index (χ1v) is 6.69. The van der Waals surface area contributed by atoms with Gasteiger partial charge in [0.15, 0.2) is 5.82 Å². The lowest BCUT2D eigenvalue weighted by Gasteiger charge is -2.01. The first kappa shape index (κ1) is 11.9. The summed E-state index contributed by atoms with van der Waals surface area (Å²) in [6.07, 6.45) is 0. The van der Waals surface area contributed by atoms with Crippen molar-refractivity contribution in [2.24, 2.45) is 0 Å². The molecule has 3 N–H and O–H groups in total. The smallest absolute Gasteiger partial charge is 0.234 e. The molecular weight excluding hydrogens is 262 g/mol. The summed E-state index contributed by atoms with van der Waals surface area (Å²) in [4.78, 5) is 0.755. The van der Waals surface area contributed by atoms with E-state index < -0.39 is 0 Å². The second-order valence-electron chi connectivity index (χ2n) is 4.59. The summed E-state index contributed by atoms with van der Waals surface area (Å²) in [5.41, 5.74) is 6.90. The third-order valence-corrected chi connectivity index (χ3v) is 3.75. The van der Waals surface area contributed by atoms with Crippen LogP contribution in [0, 0.1) is 0 Å². The van der Waals surface area contributed by atoms with Gasteiger partial charge in [0.25, 0.3) is 0 Å². The van der Waals surface area contributed by atoms with Gasteiger partial charge < -0.3 is 10.8 Å². The van der Waals surface area contributed by atoms with Gasteiger partial charge in [-0.15, -0.1) is 10.2 Å². The maximum Gasteiger partial charge on any atom is 0.234 e. The zero-order chi connectivity index (χ0) is 13.6. The number of phenolic OH excluding ortho intramolecular Hbond substituents is 1. The van der Waals surface area contributed by atoms with Crippen molar-refractivity contribution in [1.82, 2.24) is 19.8 Å². The van der Waals surface area contributed by atoms with Gasteiger partial charge >= 0.3 is 0 Å². The standard InChI is InChI=1S/C12H13N5OS/c1-6(2)10-14-15-12-17(10)16-11(19-12)7-3-4-9(18)8(13)5-7/h3-6,18H,13H2,1-2H3. The van der Waals surface area contributed by atoms with Gasteiger partial charge in [-0.05, 0) is 18.2 Å².